The van der Waals surface area contributed by atoms with Crippen molar-refractivity contribution in [2.45, 2.75) is 25.2 Å². The first-order valence-electron chi connectivity index (χ1n) is 10.3. The number of carbonyl (C=O) groups excluding carboxylic acids is 2. The Morgan fingerprint density at radius 2 is 1.65 bits per heavy atom. The van der Waals surface area contributed by atoms with Gasteiger partial charge in [-0.2, -0.15) is 0 Å². The SMILES string of the molecule is O=C(CCc1ccccc1)C1=C(O)C(=O)N(c2ccc(OC(F)(F)F)cc2)C1c1ccncc1. The Balaban J connectivity index is 1.66. The maximum Gasteiger partial charge on any atom is 0.573 e. The standard InChI is InChI=1S/C25H19F3N2O4/c26-25(27,28)34-19-9-7-18(8-10-19)30-22(17-12-14-29-15-13-17)21(23(32)24(30)33)20(31)11-6-16-4-2-1-3-5-16/h1-5,7-10,12-15,22,32H,6,11H2. The van der Waals surface area contributed by atoms with E-state index in [1.54, 1.807) is 12.1 Å². The van der Waals surface area contributed by atoms with Crippen molar-refractivity contribution in [2.75, 3.05) is 4.90 Å². The summed E-state index contributed by atoms with van der Waals surface area (Å²) < 4.78 is 41.4. The summed E-state index contributed by atoms with van der Waals surface area (Å²) in [4.78, 5) is 31.4. The lowest BCUT2D eigenvalue weighted by Crippen LogP contribution is -2.31. The average Bonchev–Trinajstić information content (AvgIpc) is 3.09. The third-order valence-corrected chi connectivity index (χ3v) is 5.36. The van der Waals surface area contributed by atoms with E-state index >= 15 is 0 Å². The predicted molar refractivity (Wildman–Crippen MR) is 117 cm³/mol. The van der Waals surface area contributed by atoms with Crippen LogP contribution in [0.3, 0.4) is 0 Å². The first-order valence-corrected chi connectivity index (χ1v) is 10.3. The van der Waals surface area contributed by atoms with E-state index in [0.717, 1.165) is 17.7 Å². The van der Waals surface area contributed by atoms with Gasteiger partial charge in [0.1, 0.15) is 5.75 Å². The van der Waals surface area contributed by atoms with Crippen molar-refractivity contribution in [3.8, 4) is 5.75 Å². The number of aliphatic hydroxyl groups excluding tert-OH is 1. The van der Waals surface area contributed by atoms with Crippen molar-refractivity contribution in [2.24, 2.45) is 0 Å². The summed E-state index contributed by atoms with van der Waals surface area (Å²) in [5.41, 5.74) is 1.57. The van der Waals surface area contributed by atoms with Crippen molar-refractivity contribution in [3.63, 3.8) is 0 Å². The molecular weight excluding hydrogens is 449 g/mol. The van der Waals surface area contributed by atoms with Gasteiger partial charge in [-0.1, -0.05) is 30.3 Å². The summed E-state index contributed by atoms with van der Waals surface area (Å²) in [6.45, 7) is 0. The van der Waals surface area contributed by atoms with Gasteiger partial charge in [-0.3, -0.25) is 19.5 Å². The van der Waals surface area contributed by atoms with Gasteiger partial charge < -0.3 is 9.84 Å². The molecule has 0 fully saturated rings. The highest BCUT2D eigenvalue weighted by Gasteiger charge is 2.44. The molecule has 1 unspecified atom stereocenters. The van der Waals surface area contributed by atoms with Gasteiger partial charge >= 0.3 is 6.36 Å². The zero-order valence-corrected chi connectivity index (χ0v) is 17.7. The van der Waals surface area contributed by atoms with E-state index < -0.39 is 35.6 Å². The molecule has 9 heteroatoms. The smallest absolute Gasteiger partial charge is 0.503 e. The molecule has 6 nitrogen and oxygen atoms in total. The fourth-order valence-corrected chi connectivity index (χ4v) is 3.86. The van der Waals surface area contributed by atoms with Gasteiger partial charge in [0.2, 0.25) is 0 Å². The third-order valence-electron chi connectivity index (χ3n) is 5.36. The molecule has 2 heterocycles. The summed E-state index contributed by atoms with van der Waals surface area (Å²) in [6.07, 6.45) is -1.41. The Hall–Kier alpha value is -4.14. The quantitative estimate of drug-likeness (QED) is 0.523. The number of halogens is 3. The van der Waals surface area contributed by atoms with Crippen LogP contribution in [0.4, 0.5) is 18.9 Å². The topological polar surface area (TPSA) is 79.7 Å². The van der Waals surface area contributed by atoms with Gasteiger partial charge in [0.25, 0.3) is 5.91 Å². The molecule has 4 rings (SSSR count). The van der Waals surface area contributed by atoms with Crippen LogP contribution in [0.2, 0.25) is 0 Å². The molecule has 174 valence electrons. The van der Waals surface area contributed by atoms with Gasteiger partial charge in [-0.15, -0.1) is 13.2 Å². The van der Waals surface area contributed by atoms with Gasteiger partial charge in [0.15, 0.2) is 11.5 Å². The minimum atomic E-state index is -4.86. The molecule has 0 saturated carbocycles. The number of anilines is 1. The van der Waals surface area contributed by atoms with Crippen LogP contribution in [0.1, 0.15) is 23.6 Å². The first kappa shape index (κ1) is 23.0. The lowest BCUT2D eigenvalue weighted by molar-refractivity contribution is -0.274. The highest BCUT2D eigenvalue weighted by atomic mass is 19.4. The number of alkyl halides is 3. The highest BCUT2D eigenvalue weighted by Crippen LogP contribution is 2.41. The van der Waals surface area contributed by atoms with Crippen molar-refractivity contribution < 1.29 is 32.6 Å². The summed E-state index contributed by atoms with van der Waals surface area (Å²) in [5.74, 6) is -2.37. The van der Waals surface area contributed by atoms with Crippen molar-refractivity contribution >= 4 is 17.4 Å². The Morgan fingerprint density at radius 1 is 1.00 bits per heavy atom. The molecular formula is C25H19F3N2O4. The van der Waals surface area contributed by atoms with Crippen molar-refractivity contribution in [1.29, 1.82) is 0 Å². The van der Waals surface area contributed by atoms with Crippen LogP contribution < -0.4 is 9.64 Å². The summed E-state index contributed by atoms with van der Waals surface area (Å²) in [7, 11) is 0. The molecule has 1 aliphatic rings. The van der Waals surface area contributed by atoms with Gasteiger partial charge in [0, 0.05) is 24.5 Å². The summed E-state index contributed by atoms with van der Waals surface area (Å²) in [5, 5.41) is 10.7. The molecule has 0 radical (unpaired) electrons. The second-order valence-corrected chi connectivity index (χ2v) is 7.57. The van der Waals surface area contributed by atoms with E-state index in [1.165, 1.54) is 29.4 Å². The van der Waals surface area contributed by atoms with E-state index in [1.807, 2.05) is 30.3 Å². The van der Waals surface area contributed by atoms with Gasteiger partial charge in [0.05, 0.1) is 11.6 Å². The molecule has 34 heavy (non-hydrogen) atoms. The molecule has 1 N–H and O–H groups in total. The van der Waals surface area contributed by atoms with E-state index in [2.05, 4.69) is 9.72 Å². The second kappa shape index (κ2) is 9.38. The number of aliphatic hydroxyl groups is 1. The number of amides is 1. The Labute approximate surface area is 192 Å². The maximum absolute atomic E-state index is 13.2. The van der Waals surface area contributed by atoms with E-state index in [9.17, 15) is 27.9 Å². The maximum atomic E-state index is 13.2. The zero-order valence-electron chi connectivity index (χ0n) is 17.7. The Morgan fingerprint density at radius 3 is 2.26 bits per heavy atom. The van der Waals surface area contributed by atoms with Crippen LogP contribution in [0.5, 0.6) is 5.75 Å². The number of benzene rings is 2. The van der Waals surface area contributed by atoms with Crippen LogP contribution in [0.15, 0.2) is 90.5 Å². The minimum absolute atomic E-state index is 0.0600. The molecule has 0 bridgehead atoms. The molecule has 0 saturated heterocycles. The van der Waals surface area contributed by atoms with Crippen LogP contribution in [-0.4, -0.2) is 28.1 Å². The molecule has 0 spiro atoms. The number of ether oxygens (including phenoxy) is 1. The largest absolute Gasteiger partial charge is 0.573 e. The summed E-state index contributed by atoms with van der Waals surface area (Å²) in [6, 6.07) is 16.2. The lowest BCUT2D eigenvalue weighted by Gasteiger charge is -2.27. The van der Waals surface area contributed by atoms with E-state index in [-0.39, 0.29) is 17.7 Å². The normalized spacial score (nSPS) is 16.1. The Kier molecular flexibility index (Phi) is 6.36. The number of nitrogens with zero attached hydrogens (tertiary/aromatic N) is 2. The predicted octanol–water partition coefficient (Wildman–Crippen LogP) is 5.08. The number of rotatable bonds is 7. The molecule has 0 aliphatic carbocycles. The second-order valence-electron chi connectivity index (χ2n) is 7.57. The fraction of sp³-hybridized carbons (Fsp3) is 0.160. The van der Waals surface area contributed by atoms with Gasteiger partial charge in [-0.25, -0.2) is 0 Å². The Bertz CT molecular complexity index is 1210. The number of ketones is 1. The lowest BCUT2D eigenvalue weighted by atomic mass is 9.93. The van der Waals surface area contributed by atoms with Crippen molar-refractivity contribution in [1.82, 2.24) is 4.98 Å². The van der Waals surface area contributed by atoms with E-state index in [4.69, 9.17) is 0 Å². The third kappa shape index (κ3) is 4.93. The molecule has 1 aromatic heterocycles. The first-order chi connectivity index (χ1) is 16.2. The van der Waals surface area contributed by atoms with E-state index in [0.29, 0.717) is 12.0 Å². The van der Waals surface area contributed by atoms with Gasteiger partial charge in [-0.05, 0) is 53.9 Å². The number of Topliss-reactive ketones (excluding diaryl/α,β-unsaturated/α-hetero) is 1. The number of carbonyl (C=O) groups is 2. The number of hydrogen-bond acceptors (Lipinski definition) is 5. The monoisotopic (exact) mass is 468 g/mol. The van der Waals surface area contributed by atoms with Crippen LogP contribution in [0.25, 0.3) is 0 Å². The average molecular weight is 468 g/mol. The number of aryl methyl sites for hydroxylation is 1. The van der Waals surface area contributed by atoms with Crippen LogP contribution in [-0.2, 0) is 16.0 Å². The number of aromatic nitrogens is 1. The number of hydrogen-bond donors (Lipinski definition) is 1. The van der Waals surface area contributed by atoms with Crippen molar-refractivity contribution in [3.05, 3.63) is 102 Å². The van der Waals surface area contributed by atoms with Crippen LogP contribution >= 0.6 is 0 Å². The molecule has 1 atom stereocenters. The fourth-order valence-electron chi connectivity index (χ4n) is 3.86. The summed E-state index contributed by atoms with van der Waals surface area (Å²) >= 11 is 0. The molecule has 2 aromatic carbocycles. The zero-order chi connectivity index (χ0) is 24.3. The minimum Gasteiger partial charge on any atom is -0.503 e. The highest BCUT2D eigenvalue weighted by molar-refractivity contribution is 6.16. The molecule has 1 aliphatic heterocycles. The number of pyridine rings is 1. The molecule has 3 aromatic rings. The molecule has 1 amide bonds. The van der Waals surface area contributed by atoms with Crippen LogP contribution in [0, 0.1) is 0 Å².